The van der Waals surface area contributed by atoms with Crippen LogP contribution < -0.4 is 10.6 Å². The average Bonchev–Trinajstić information content (AvgIpc) is 2.25. The van der Waals surface area contributed by atoms with Crippen LogP contribution in [-0.4, -0.2) is 49.1 Å². The molecule has 0 aromatic rings. The van der Waals surface area contributed by atoms with Crippen molar-refractivity contribution < 1.29 is 4.79 Å². The number of carbonyl (C=O) groups is 1. The van der Waals surface area contributed by atoms with E-state index in [1.165, 1.54) is 19.3 Å². The molecule has 0 aromatic carbocycles. The summed E-state index contributed by atoms with van der Waals surface area (Å²) in [4.78, 5) is 13.9. The average molecular weight is 241 g/mol. The van der Waals surface area contributed by atoms with Gasteiger partial charge in [-0.3, -0.25) is 9.69 Å². The van der Waals surface area contributed by atoms with Crippen molar-refractivity contribution in [3.8, 4) is 0 Å². The first-order valence-electron chi connectivity index (χ1n) is 6.87. The molecule has 1 fully saturated rings. The summed E-state index contributed by atoms with van der Waals surface area (Å²) in [5, 5.41) is 6.49. The highest BCUT2D eigenvalue weighted by molar-refractivity contribution is 5.78. The molecule has 17 heavy (non-hydrogen) atoms. The van der Waals surface area contributed by atoms with E-state index in [4.69, 9.17) is 0 Å². The third-order valence-electron chi connectivity index (χ3n) is 3.01. The van der Waals surface area contributed by atoms with E-state index in [1.54, 1.807) is 0 Å². The first kappa shape index (κ1) is 14.5. The highest BCUT2D eigenvalue weighted by Gasteiger charge is 2.20. The number of nitrogens with one attached hydrogen (secondary N) is 2. The lowest BCUT2D eigenvalue weighted by Crippen LogP contribution is -2.49. The summed E-state index contributed by atoms with van der Waals surface area (Å²) in [6.45, 7) is 9.86. The number of nitrogens with zero attached hydrogens (tertiary/aromatic N) is 1. The molecule has 1 saturated heterocycles. The van der Waals surface area contributed by atoms with Gasteiger partial charge >= 0.3 is 0 Å². The minimum absolute atomic E-state index is 0.149. The number of amides is 1. The minimum Gasteiger partial charge on any atom is -0.353 e. The standard InChI is InChI=1S/C13H27N3O/c1-4-7-14-12-6-5-8-16(9-12)10-13(17)15-11(2)3/h11-12,14H,4-10H2,1-3H3,(H,15,17). The molecule has 0 aromatic heterocycles. The van der Waals surface area contributed by atoms with E-state index in [0.717, 1.165) is 19.6 Å². The quantitative estimate of drug-likeness (QED) is 0.728. The molecule has 0 spiro atoms. The molecule has 2 N–H and O–H groups in total. The molecule has 4 nitrogen and oxygen atoms in total. The van der Waals surface area contributed by atoms with Gasteiger partial charge in [-0.2, -0.15) is 0 Å². The molecule has 1 aliphatic rings. The van der Waals surface area contributed by atoms with Gasteiger partial charge in [-0.1, -0.05) is 6.92 Å². The number of carbonyl (C=O) groups excluding carboxylic acids is 1. The largest absolute Gasteiger partial charge is 0.353 e. The van der Waals surface area contributed by atoms with Crippen LogP contribution in [0.15, 0.2) is 0 Å². The fourth-order valence-electron chi connectivity index (χ4n) is 2.28. The van der Waals surface area contributed by atoms with Crippen molar-refractivity contribution in [1.29, 1.82) is 0 Å². The van der Waals surface area contributed by atoms with E-state index in [9.17, 15) is 4.79 Å². The molecule has 1 unspecified atom stereocenters. The van der Waals surface area contributed by atoms with Gasteiger partial charge in [0.25, 0.3) is 0 Å². The Hall–Kier alpha value is -0.610. The van der Waals surface area contributed by atoms with Gasteiger partial charge in [-0.25, -0.2) is 0 Å². The molecule has 4 heteroatoms. The normalized spacial score (nSPS) is 21.8. The first-order chi connectivity index (χ1) is 8.11. The summed E-state index contributed by atoms with van der Waals surface area (Å²) in [5.74, 6) is 0.149. The molecular formula is C13H27N3O. The second kappa shape index (κ2) is 7.67. The Morgan fingerprint density at radius 2 is 2.24 bits per heavy atom. The Morgan fingerprint density at radius 1 is 1.47 bits per heavy atom. The molecule has 100 valence electrons. The van der Waals surface area contributed by atoms with Gasteiger partial charge in [0, 0.05) is 18.6 Å². The lowest BCUT2D eigenvalue weighted by atomic mass is 10.1. The van der Waals surface area contributed by atoms with Gasteiger partial charge in [-0.15, -0.1) is 0 Å². The minimum atomic E-state index is 0.149. The van der Waals surface area contributed by atoms with Crippen LogP contribution in [0.3, 0.4) is 0 Å². The smallest absolute Gasteiger partial charge is 0.234 e. The molecule has 1 rings (SSSR count). The number of likely N-dealkylation sites (tertiary alicyclic amines) is 1. The Kier molecular flexibility index (Phi) is 6.52. The summed E-state index contributed by atoms with van der Waals surface area (Å²) in [6.07, 6.45) is 3.60. The topological polar surface area (TPSA) is 44.4 Å². The van der Waals surface area contributed by atoms with Gasteiger partial charge in [0.05, 0.1) is 6.54 Å². The van der Waals surface area contributed by atoms with E-state index in [1.807, 2.05) is 13.8 Å². The van der Waals surface area contributed by atoms with E-state index >= 15 is 0 Å². The van der Waals surface area contributed by atoms with Gasteiger partial charge in [0.1, 0.15) is 0 Å². The van der Waals surface area contributed by atoms with E-state index in [-0.39, 0.29) is 11.9 Å². The zero-order valence-electron chi connectivity index (χ0n) is 11.5. The van der Waals surface area contributed by atoms with Crippen molar-refractivity contribution >= 4 is 5.91 Å². The SMILES string of the molecule is CCCNC1CCCN(CC(=O)NC(C)C)C1. The van der Waals surface area contributed by atoms with Crippen LogP contribution in [-0.2, 0) is 4.79 Å². The summed E-state index contributed by atoms with van der Waals surface area (Å²) in [7, 11) is 0. The zero-order valence-corrected chi connectivity index (χ0v) is 11.5. The third kappa shape index (κ3) is 6.03. The maximum Gasteiger partial charge on any atom is 0.234 e. The summed E-state index contributed by atoms with van der Waals surface area (Å²) in [6, 6.07) is 0.803. The second-order valence-corrected chi connectivity index (χ2v) is 5.25. The Morgan fingerprint density at radius 3 is 2.88 bits per heavy atom. The first-order valence-corrected chi connectivity index (χ1v) is 6.87. The van der Waals surface area contributed by atoms with Crippen LogP contribution in [0.4, 0.5) is 0 Å². The fraction of sp³-hybridized carbons (Fsp3) is 0.923. The lowest BCUT2D eigenvalue weighted by molar-refractivity contribution is -0.123. The molecule has 1 atom stereocenters. The Balaban J connectivity index is 2.26. The van der Waals surface area contributed by atoms with E-state index in [0.29, 0.717) is 12.6 Å². The monoisotopic (exact) mass is 241 g/mol. The van der Waals surface area contributed by atoms with Crippen LogP contribution in [0, 0.1) is 0 Å². The van der Waals surface area contributed by atoms with Crippen molar-refractivity contribution in [1.82, 2.24) is 15.5 Å². The zero-order chi connectivity index (χ0) is 12.7. The van der Waals surface area contributed by atoms with Crippen molar-refractivity contribution in [2.75, 3.05) is 26.2 Å². The predicted molar refractivity (Wildman–Crippen MR) is 71.0 cm³/mol. The van der Waals surface area contributed by atoms with Crippen molar-refractivity contribution in [2.45, 2.75) is 52.1 Å². The highest BCUT2D eigenvalue weighted by atomic mass is 16.2. The second-order valence-electron chi connectivity index (χ2n) is 5.25. The number of hydrogen-bond donors (Lipinski definition) is 2. The highest BCUT2D eigenvalue weighted by Crippen LogP contribution is 2.09. The van der Waals surface area contributed by atoms with Gasteiger partial charge in [-0.05, 0) is 46.2 Å². The molecule has 1 amide bonds. The predicted octanol–water partition coefficient (Wildman–Crippen LogP) is 0.975. The molecule has 0 saturated carbocycles. The Bertz CT molecular complexity index is 231. The molecule has 0 radical (unpaired) electrons. The molecule has 1 heterocycles. The van der Waals surface area contributed by atoms with E-state index < -0.39 is 0 Å². The van der Waals surface area contributed by atoms with Crippen LogP contribution in [0.5, 0.6) is 0 Å². The van der Waals surface area contributed by atoms with Gasteiger partial charge in [0.2, 0.25) is 5.91 Å². The van der Waals surface area contributed by atoms with Crippen LogP contribution in [0.1, 0.15) is 40.0 Å². The number of rotatable bonds is 6. The third-order valence-corrected chi connectivity index (χ3v) is 3.01. The molecular weight excluding hydrogens is 214 g/mol. The van der Waals surface area contributed by atoms with Crippen molar-refractivity contribution in [2.24, 2.45) is 0 Å². The van der Waals surface area contributed by atoms with Crippen molar-refractivity contribution in [3.63, 3.8) is 0 Å². The maximum atomic E-state index is 11.7. The van der Waals surface area contributed by atoms with Crippen LogP contribution in [0.2, 0.25) is 0 Å². The number of piperidine rings is 1. The summed E-state index contributed by atoms with van der Waals surface area (Å²) < 4.78 is 0. The van der Waals surface area contributed by atoms with Crippen molar-refractivity contribution in [3.05, 3.63) is 0 Å². The molecule has 0 aliphatic carbocycles. The number of hydrogen-bond acceptors (Lipinski definition) is 3. The van der Waals surface area contributed by atoms with Crippen LogP contribution >= 0.6 is 0 Å². The van der Waals surface area contributed by atoms with Gasteiger partial charge < -0.3 is 10.6 Å². The summed E-state index contributed by atoms with van der Waals surface area (Å²) >= 11 is 0. The summed E-state index contributed by atoms with van der Waals surface area (Å²) in [5.41, 5.74) is 0. The van der Waals surface area contributed by atoms with Gasteiger partial charge in [0.15, 0.2) is 0 Å². The van der Waals surface area contributed by atoms with Crippen LogP contribution in [0.25, 0.3) is 0 Å². The Labute approximate surface area is 105 Å². The van der Waals surface area contributed by atoms with E-state index in [2.05, 4.69) is 22.5 Å². The molecule has 1 aliphatic heterocycles. The lowest BCUT2D eigenvalue weighted by Gasteiger charge is -2.32. The maximum absolute atomic E-state index is 11.7. The fourth-order valence-corrected chi connectivity index (χ4v) is 2.28. The molecule has 0 bridgehead atoms.